The minimum absolute atomic E-state index is 0.0332. The highest BCUT2D eigenvalue weighted by molar-refractivity contribution is 5.95. The number of ether oxygens (including phenoxy) is 2. The SMILES string of the molecule is NCCc1ccc(Oc2ccc(F)c(C(=O)N3CCC4(CC3)CNCCO4)c2)cc1. The predicted octanol–water partition coefficient (Wildman–Crippen LogP) is 2.71. The van der Waals surface area contributed by atoms with Gasteiger partial charge in [-0.15, -0.1) is 0 Å². The average Bonchev–Trinajstić information content (AvgIpc) is 2.77. The van der Waals surface area contributed by atoms with Crippen LogP contribution in [0.25, 0.3) is 0 Å². The Morgan fingerprint density at radius 3 is 2.57 bits per heavy atom. The van der Waals surface area contributed by atoms with Gasteiger partial charge in [-0.05, 0) is 61.7 Å². The number of amides is 1. The van der Waals surface area contributed by atoms with Crippen LogP contribution >= 0.6 is 0 Å². The Morgan fingerprint density at radius 2 is 1.90 bits per heavy atom. The van der Waals surface area contributed by atoms with Crippen molar-refractivity contribution in [3.8, 4) is 11.5 Å². The first-order valence-electron chi connectivity index (χ1n) is 10.5. The second kappa shape index (κ2) is 9.12. The fourth-order valence-electron chi connectivity index (χ4n) is 4.07. The third-order valence-electron chi connectivity index (χ3n) is 5.86. The fourth-order valence-corrected chi connectivity index (χ4v) is 4.07. The lowest BCUT2D eigenvalue weighted by Crippen LogP contribution is -2.56. The summed E-state index contributed by atoms with van der Waals surface area (Å²) >= 11 is 0. The molecule has 0 aromatic heterocycles. The van der Waals surface area contributed by atoms with Gasteiger partial charge in [-0.2, -0.15) is 0 Å². The molecule has 2 saturated heterocycles. The Hall–Kier alpha value is -2.48. The standard InChI is InChI=1S/C23H28FN3O3/c24-21-6-5-19(30-18-3-1-17(2-4-18)7-10-25)15-20(21)22(28)27-12-8-23(9-13-27)16-26-11-14-29-23/h1-6,15,26H,7-14,16,25H2. The summed E-state index contributed by atoms with van der Waals surface area (Å²) in [6, 6.07) is 11.9. The topological polar surface area (TPSA) is 76.8 Å². The van der Waals surface area contributed by atoms with E-state index in [-0.39, 0.29) is 17.1 Å². The first-order valence-corrected chi connectivity index (χ1v) is 10.5. The van der Waals surface area contributed by atoms with E-state index in [0.717, 1.165) is 37.9 Å². The monoisotopic (exact) mass is 413 g/mol. The van der Waals surface area contributed by atoms with Gasteiger partial charge in [0.15, 0.2) is 0 Å². The normalized spacial score (nSPS) is 18.4. The van der Waals surface area contributed by atoms with Crippen molar-refractivity contribution in [2.45, 2.75) is 24.9 Å². The second-order valence-electron chi connectivity index (χ2n) is 7.93. The minimum atomic E-state index is -0.540. The number of morpholine rings is 1. The summed E-state index contributed by atoms with van der Waals surface area (Å²) in [6.07, 6.45) is 2.30. The van der Waals surface area contributed by atoms with Crippen molar-refractivity contribution in [3.05, 3.63) is 59.4 Å². The zero-order valence-electron chi connectivity index (χ0n) is 17.0. The number of hydrogen-bond donors (Lipinski definition) is 2. The van der Waals surface area contributed by atoms with E-state index in [0.29, 0.717) is 37.7 Å². The van der Waals surface area contributed by atoms with Gasteiger partial charge in [-0.3, -0.25) is 4.79 Å². The number of benzene rings is 2. The molecule has 6 nitrogen and oxygen atoms in total. The number of carbonyl (C=O) groups excluding carboxylic acids is 1. The van der Waals surface area contributed by atoms with Gasteiger partial charge < -0.3 is 25.4 Å². The largest absolute Gasteiger partial charge is 0.457 e. The van der Waals surface area contributed by atoms with Crippen molar-refractivity contribution in [3.63, 3.8) is 0 Å². The molecule has 2 fully saturated rings. The maximum absolute atomic E-state index is 14.5. The van der Waals surface area contributed by atoms with Crippen molar-refractivity contribution in [1.82, 2.24) is 10.2 Å². The molecule has 7 heteroatoms. The summed E-state index contributed by atoms with van der Waals surface area (Å²) < 4.78 is 26.3. The zero-order chi connectivity index (χ0) is 21.0. The number of piperidine rings is 1. The fraction of sp³-hybridized carbons (Fsp3) is 0.435. The molecule has 2 aromatic rings. The van der Waals surface area contributed by atoms with Crippen LogP contribution in [0, 0.1) is 5.82 Å². The molecule has 3 N–H and O–H groups in total. The summed E-state index contributed by atoms with van der Waals surface area (Å²) in [5.41, 5.74) is 6.53. The lowest BCUT2D eigenvalue weighted by molar-refractivity contribution is -0.0954. The van der Waals surface area contributed by atoms with Gasteiger partial charge in [0.2, 0.25) is 0 Å². The molecule has 2 heterocycles. The molecular formula is C23H28FN3O3. The van der Waals surface area contributed by atoms with Crippen molar-refractivity contribution in [2.75, 3.05) is 39.3 Å². The van der Waals surface area contributed by atoms with E-state index in [1.54, 1.807) is 4.90 Å². The van der Waals surface area contributed by atoms with Gasteiger partial charge in [-0.1, -0.05) is 12.1 Å². The van der Waals surface area contributed by atoms with Crippen LogP contribution < -0.4 is 15.8 Å². The Morgan fingerprint density at radius 1 is 1.17 bits per heavy atom. The lowest BCUT2D eigenvalue weighted by atomic mass is 9.89. The first kappa shape index (κ1) is 20.8. The molecule has 2 aromatic carbocycles. The Kier molecular flexibility index (Phi) is 6.32. The molecule has 4 rings (SSSR count). The van der Waals surface area contributed by atoms with Crippen LogP contribution in [0.2, 0.25) is 0 Å². The Bertz CT molecular complexity index is 872. The molecule has 160 valence electrons. The van der Waals surface area contributed by atoms with E-state index in [1.165, 1.54) is 18.2 Å². The van der Waals surface area contributed by atoms with Gasteiger partial charge in [0.25, 0.3) is 5.91 Å². The van der Waals surface area contributed by atoms with E-state index < -0.39 is 5.82 Å². The van der Waals surface area contributed by atoms with Crippen LogP contribution in [0.5, 0.6) is 11.5 Å². The van der Waals surface area contributed by atoms with Crippen molar-refractivity contribution >= 4 is 5.91 Å². The summed E-state index contributed by atoms with van der Waals surface area (Å²) in [4.78, 5) is 14.7. The van der Waals surface area contributed by atoms with Crippen molar-refractivity contribution in [2.24, 2.45) is 5.73 Å². The van der Waals surface area contributed by atoms with Crippen LogP contribution in [0.3, 0.4) is 0 Å². The number of hydrogen-bond acceptors (Lipinski definition) is 5. The number of carbonyl (C=O) groups is 1. The van der Waals surface area contributed by atoms with Crippen molar-refractivity contribution in [1.29, 1.82) is 0 Å². The summed E-state index contributed by atoms with van der Waals surface area (Å²) in [6.45, 7) is 4.04. The van der Waals surface area contributed by atoms with Gasteiger partial charge in [0, 0.05) is 26.2 Å². The minimum Gasteiger partial charge on any atom is -0.457 e. The highest BCUT2D eigenvalue weighted by atomic mass is 19.1. The number of nitrogens with two attached hydrogens (primary N) is 1. The van der Waals surface area contributed by atoms with E-state index in [9.17, 15) is 9.18 Å². The predicted molar refractivity (Wildman–Crippen MR) is 112 cm³/mol. The smallest absolute Gasteiger partial charge is 0.256 e. The molecule has 0 radical (unpaired) electrons. The van der Waals surface area contributed by atoms with Crippen LogP contribution in [-0.2, 0) is 11.2 Å². The number of nitrogens with one attached hydrogen (secondary N) is 1. The maximum atomic E-state index is 14.5. The molecule has 0 bridgehead atoms. The molecule has 0 saturated carbocycles. The van der Waals surface area contributed by atoms with E-state index in [2.05, 4.69) is 5.32 Å². The second-order valence-corrected chi connectivity index (χ2v) is 7.93. The lowest BCUT2D eigenvalue weighted by Gasteiger charge is -2.44. The van der Waals surface area contributed by atoms with Crippen molar-refractivity contribution < 1.29 is 18.7 Å². The summed E-state index contributed by atoms with van der Waals surface area (Å²) in [5, 5.41) is 3.36. The molecule has 1 spiro atoms. The van der Waals surface area contributed by atoms with E-state index in [1.807, 2.05) is 24.3 Å². The highest BCUT2D eigenvalue weighted by Gasteiger charge is 2.38. The number of rotatable bonds is 5. The molecule has 0 aliphatic carbocycles. The van der Waals surface area contributed by atoms with Crippen LogP contribution in [0.1, 0.15) is 28.8 Å². The third-order valence-corrected chi connectivity index (χ3v) is 5.86. The maximum Gasteiger partial charge on any atom is 0.256 e. The first-order chi connectivity index (χ1) is 14.6. The number of likely N-dealkylation sites (tertiary alicyclic amines) is 1. The van der Waals surface area contributed by atoms with Gasteiger partial charge in [0.05, 0.1) is 17.8 Å². The molecule has 2 aliphatic heterocycles. The Balaban J connectivity index is 1.43. The Labute approximate surface area is 176 Å². The molecule has 30 heavy (non-hydrogen) atoms. The molecule has 2 aliphatic rings. The van der Waals surface area contributed by atoms with Gasteiger partial charge >= 0.3 is 0 Å². The quantitative estimate of drug-likeness (QED) is 0.788. The van der Waals surface area contributed by atoms with Crippen LogP contribution in [0.15, 0.2) is 42.5 Å². The molecule has 0 unspecified atom stereocenters. The highest BCUT2D eigenvalue weighted by Crippen LogP contribution is 2.30. The molecule has 0 atom stereocenters. The van der Waals surface area contributed by atoms with E-state index >= 15 is 0 Å². The van der Waals surface area contributed by atoms with E-state index in [4.69, 9.17) is 15.2 Å². The third kappa shape index (κ3) is 4.64. The zero-order valence-corrected chi connectivity index (χ0v) is 17.0. The average molecular weight is 413 g/mol. The summed E-state index contributed by atoms with van der Waals surface area (Å²) in [7, 11) is 0. The number of nitrogens with zero attached hydrogens (tertiary/aromatic N) is 1. The van der Waals surface area contributed by atoms with Crippen LogP contribution in [0.4, 0.5) is 4.39 Å². The molecule has 1 amide bonds. The molecular weight excluding hydrogens is 385 g/mol. The van der Waals surface area contributed by atoms with Gasteiger partial charge in [-0.25, -0.2) is 4.39 Å². The van der Waals surface area contributed by atoms with Crippen LogP contribution in [-0.4, -0.2) is 55.7 Å². The number of halogens is 1. The van der Waals surface area contributed by atoms with Gasteiger partial charge in [0.1, 0.15) is 17.3 Å². The summed E-state index contributed by atoms with van der Waals surface area (Å²) in [5.74, 6) is 0.207.